The second-order valence-corrected chi connectivity index (χ2v) is 23.1. The maximum absolute atomic E-state index is 13.2. The molecule has 0 spiro atoms. The third-order valence-corrected chi connectivity index (χ3v) is 16.5. The molecule has 0 radical (unpaired) electrons. The molecule has 2 saturated heterocycles. The zero-order valence-electron chi connectivity index (χ0n) is 35.2. The number of hydrogen-bond donors (Lipinski definition) is 0. The average molecular weight is 872 g/mol. The van der Waals surface area contributed by atoms with Gasteiger partial charge in [0.05, 0.1) is 6.10 Å². The normalized spacial score (nSPS) is 21.6. The van der Waals surface area contributed by atoms with Crippen molar-refractivity contribution >= 4 is 42.8 Å². The van der Waals surface area contributed by atoms with Gasteiger partial charge in [0, 0.05) is 13.0 Å². The van der Waals surface area contributed by atoms with Crippen molar-refractivity contribution < 1.29 is 28.2 Å². The summed E-state index contributed by atoms with van der Waals surface area (Å²) in [5, 5.41) is 0.0742. The van der Waals surface area contributed by atoms with Gasteiger partial charge in [-0.1, -0.05) is 139 Å². The molecule has 0 N–H and O–H groups in total. The number of halogens is 1. The van der Waals surface area contributed by atoms with Gasteiger partial charge in [-0.2, -0.15) is 0 Å². The van der Waals surface area contributed by atoms with Crippen LogP contribution in [0.2, 0.25) is 18.1 Å². The first kappa shape index (κ1) is 48.2. The Morgan fingerprint density at radius 2 is 1.55 bits per heavy atom. The van der Waals surface area contributed by atoms with Crippen LogP contribution in [-0.2, 0) is 28.2 Å². The molecule has 2 heterocycles. The Kier molecular flexibility index (Phi) is 23.1. The summed E-state index contributed by atoms with van der Waals surface area (Å²) >= 11 is 2.26. The SMILES string of the molecule is C#C[C@H](O[Si](C)(C)C(C)(C)C)[C@@H]1OC(C)(C)O[C@H]1CCCCCCCCCCCCC(=O)N1CCC[C@H]1C(=O)O[C@@H](CCCC)CCCCC/C=C/I. The van der Waals surface area contributed by atoms with Crippen molar-refractivity contribution in [1.29, 1.82) is 0 Å². The first-order valence-electron chi connectivity index (χ1n) is 21.4. The van der Waals surface area contributed by atoms with Crippen LogP contribution in [-0.4, -0.2) is 67.9 Å². The largest absolute Gasteiger partial charge is 0.461 e. The minimum Gasteiger partial charge on any atom is -0.461 e. The number of carbonyl (C=O) groups is 2. The number of allylic oxidation sites excluding steroid dienone is 1. The molecule has 0 saturated carbocycles. The summed E-state index contributed by atoms with van der Waals surface area (Å²) in [6.45, 7) is 18.0. The van der Waals surface area contributed by atoms with E-state index in [2.05, 4.69) is 79.5 Å². The Bertz CT molecular complexity index is 1110. The van der Waals surface area contributed by atoms with Crippen LogP contribution in [0, 0.1) is 12.3 Å². The van der Waals surface area contributed by atoms with E-state index in [0.29, 0.717) is 13.0 Å². The molecule has 0 bridgehead atoms. The van der Waals surface area contributed by atoms with Crippen molar-refractivity contribution in [1.82, 2.24) is 4.90 Å². The monoisotopic (exact) mass is 871 g/mol. The number of amides is 1. The molecule has 0 aromatic carbocycles. The van der Waals surface area contributed by atoms with E-state index in [4.69, 9.17) is 25.1 Å². The number of esters is 1. The predicted molar refractivity (Wildman–Crippen MR) is 231 cm³/mol. The van der Waals surface area contributed by atoms with E-state index in [0.717, 1.165) is 89.9 Å². The molecule has 5 atom stereocenters. The highest BCUT2D eigenvalue weighted by Crippen LogP contribution is 2.40. The Morgan fingerprint density at radius 1 is 0.943 bits per heavy atom. The van der Waals surface area contributed by atoms with Crippen LogP contribution in [0.4, 0.5) is 0 Å². The number of rotatable bonds is 27. The van der Waals surface area contributed by atoms with E-state index in [1.54, 1.807) is 0 Å². The minimum absolute atomic E-state index is 0.0255. The maximum Gasteiger partial charge on any atom is 0.329 e. The van der Waals surface area contributed by atoms with Crippen molar-refractivity contribution in [3.63, 3.8) is 0 Å². The Balaban J connectivity index is 1.60. The van der Waals surface area contributed by atoms with Crippen molar-refractivity contribution in [2.24, 2.45) is 0 Å². The first-order valence-corrected chi connectivity index (χ1v) is 25.6. The topological polar surface area (TPSA) is 74.3 Å². The van der Waals surface area contributed by atoms with Crippen LogP contribution in [0.5, 0.6) is 0 Å². The van der Waals surface area contributed by atoms with Crippen LogP contribution in [0.1, 0.15) is 183 Å². The number of unbranched alkanes of at least 4 members (excludes halogenated alkanes) is 13. The smallest absolute Gasteiger partial charge is 0.329 e. The second-order valence-electron chi connectivity index (χ2n) is 17.6. The van der Waals surface area contributed by atoms with Gasteiger partial charge in [0.2, 0.25) is 5.91 Å². The van der Waals surface area contributed by atoms with Gasteiger partial charge in [0.25, 0.3) is 0 Å². The standard InChI is InChI=1S/C44H78INO6Si/c1-10-12-29-36(30-24-20-19-23-27-34-45)49-42(48)37-31-28-35-46(37)40(47)33-26-22-18-16-14-13-15-17-21-25-32-39-41(51-44(6,7)50-39)38(11-2)52-53(8,9)43(3,4)5/h2,27,34,36-39,41H,10,12-26,28-33,35H2,1,3-9H3/b34-27+/t36-,37-,38-,39-,41-/m0/s1. The van der Waals surface area contributed by atoms with E-state index < -0.39 is 26.3 Å². The number of nitrogens with zero attached hydrogens (tertiary/aromatic N) is 1. The Hall–Kier alpha value is -0.933. The Morgan fingerprint density at radius 3 is 2.15 bits per heavy atom. The highest BCUT2D eigenvalue weighted by atomic mass is 127. The number of likely N-dealkylation sites (tertiary alicyclic amines) is 1. The van der Waals surface area contributed by atoms with E-state index in [-0.39, 0.29) is 35.2 Å². The van der Waals surface area contributed by atoms with Gasteiger partial charge in [-0.3, -0.25) is 4.79 Å². The minimum atomic E-state index is -2.04. The third-order valence-electron chi connectivity index (χ3n) is 11.5. The van der Waals surface area contributed by atoms with Gasteiger partial charge < -0.3 is 23.5 Å². The van der Waals surface area contributed by atoms with Gasteiger partial charge in [0.1, 0.15) is 24.4 Å². The number of ether oxygens (including phenoxy) is 3. The summed E-state index contributed by atoms with van der Waals surface area (Å²) in [5.74, 6) is 2.19. The lowest BCUT2D eigenvalue weighted by atomic mass is 10.0. The van der Waals surface area contributed by atoms with E-state index in [1.807, 2.05) is 18.7 Å². The molecule has 306 valence electrons. The summed E-state index contributed by atoms with van der Waals surface area (Å²) in [6, 6.07) is -0.395. The fourth-order valence-electron chi connectivity index (χ4n) is 7.33. The molecular formula is C44H78INO6Si. The molecule has 0 unspecified atom stereocenters. The van der Waals surface area contributed by atoms with Crippen LogP contribution in [0.3, 0.4) is 0 Å². The van der Waals surface area contributed by atoms with Crippen molar-refractivity contribution in [2.45, 2.75) is 237 Å². The predicted octanol–water partition coefficient (Wildman–Crippen LogP) is 12.2. The highest BCUT2D eigenvalue weighted by Gasteiger charge is 2.48. The van der Waals surface area contributed by atoms with Crippen LogP contribution >= 0.6 is 22.6 Å². The molecule has 0 aromatic rings. The molecule has 9 heteroatoms. The van der Waals surface area contributed by atoms with Gasteiger partial charge >= 0.3 is 5.97 Å². The van der Waals surface area contributed by atoms with E-state index >= 15 is 0 Å². The summed E-state index contributed by atoms with van der Waals surface area (Å²) < 4.78 is 27.4. The molecule has 2 aliphatic rings. The quantitative estimate of drug-likeness (QED) is 0.0269. The third kappa shape index (κ3) is 18.3. The Labute approximate surface area is 340 Å². The van der Waals surface area contributed by atoms with Crippen LogP contribution in [0.15, 0.2) is 10.2 Å². The van der Waals surface area contributed by atoms with Gasteiger partial charge in [-0.05, 0) is 93.8 Å². The van der Waals surface area contributed by atoms with E-state index in [1.165, 1.54) is 44.9 Å². The molecule has 0 aliphatic carbocycles. The summed E-state index contributed by atoms with van der Waals surface area (Å²) in [6.07, 6.45) is 30.7. The molecule has 7 nitrogen and oxygen atoms in total. The summed E-state index contributed by atoms with van der Waals surface area (Å²) in [7, 11) is -2.04. The molecular weight excluding hydrogens is 793 g/mol. The zero-order chi connectivity index (χ0) is 39.3. The van der Waals surface area contributed by atoms with Crippen LogP contribution in [0.25, 0.3) is 0 Å². The average Bonchev–Trinajstić information content (AvgIpc) is 3.71. The lowest BCUT2D eigenvalue weighted by Gasteiger charge is -2.39. The van der Waals surface area contributed by atoms with Crippen molar-refractivity contribution in [3.8, 4) is 12.3 Å². The van der Waals surface area contributed by atoms with Gasteiger partial charge in [-0.15, -0.1) is 6.42 Å². The number of hydrogen-bond acceptors (Lipinski definition) is 6. The van der Waals surface area contributed by atoms with Crippen LogP contribution < -0.4 is 0 Å². The van der Waals surface area contributed by atoms with Gasteiger partial charge in [0.15, 0.2) is 14.1 Å². The van der Waals surface area contributed by atoms with Crippen molar-refractivity contribution in [2.75, 3.05) is 6.54 Å². The maximum atomic E-state index is 13.2. The fourth-order valence-corrected chi connectivity index (χ4v) is 8.88. The fraction of sp³-hybridized carbons (Fsp3) is 0.864. The highest BCUT2D eigenvalue weighted by molar-refractivity contribution is 14.1. The second kappa shape index (κ2) is 25.3. The summed E-state index contributed by atoms with van der Waals surface area (Å²) in [4.78, 5) is 28.2. The lowest BCUT2D eigenvalue weighted by Crippen LogP contribution is -2.48. The van der Waals surface area contributed by atoms with E-state index in [9.17, 15) is 9.59 Å². The molecule has 2 aliphatic heterocycles. The number of carbonyl (C=O) groups excluding carboxylic acids is 2. The van der Waals surface area contributed by atoms with Gasteiger partial charge in [-0.25, -0.2) is 4.79 Å². The molecule has 2 fully saturated rings. The lowest BCUT2D eigenvalue weighted by molar-refractivity contribution is -0.158. The zero-order valence-corrected chi connectivity index (χ0v) is 38.3. The molecule has 53 heavy (non-hydrogen) atoms. The first-order chi connectivity index (χ1) is 25.2. The molecule has 1 amide bonds. The van der Waals surface area contributed by atoms with Crippen molar-refractivity contribution in [3.05, 3.63) is 10.2 Å². The summed E-state index contributed by atoms with van der Waals surface area (Å²) in [5.41, 5.74) is 0. The molecule has 0 aromatic heterocycles. The number of terminal acetylenes is 1. The molecule has 2 rings (SSSR count).